The Hall–Kier alpha value is -1.59. The molecule has 2 aliphatic heterocycles. The number of para-hydroxylation sites is 1. The van der Waals surface area contributed by atoms with Crippen LogP contribution in [0.25, 0.3) is 0 Å². The second-order valence-electron chi connectivity index (χ2n) is 7.81. The Kier molecular flexibility index (Phi) is 5.11. The number of amides is 1. The zero-order valence-corrected chi connectivity index (χ0v) is 14.9. The average molecular weight is 330 g/mol. The first-order chi connectivity index (χ1) is 11.5. The van der Waals surface area contributed by atoms with Gasteiger partial charge in [-0.15, -0.1) is 0 Å². The summed E-state index contributed by atoms with van der Waals surface area (Å²) in [6.45, 7) is 9.28. The summed E-state index contributed by atoms with van der Waals surface area (Å²) in [5, 5.41) is 3.07. The van der Waals surface area contributed by atoms with Gasteiger partial charge in [-0.2, -0.15) is 0 Å². The van der Waals surface area contributed by atoms with Crippen LogP contribution < -0.4 is 16.0 Å². The fraction of sp³-hybridized carbons (Fsp3) is 0.632. The quantitative estimate of drug-likeness (QED) is 0.852. The fourth-order valence-electron chi connectivity index (χ4n) is 3.85. The van der Waals surface area contributed by atoms with Gasteiger partial charge in [0.2, 0.25) is 5.91 Å². The largest absolute Gasteiger partial charge is 0.369 e. The van der Waals surface area contributed by atoms with Crippen molar-refractivity contribution in [1.82, 2.24) is 10.2 Å². The predicted octanol–water partition coefficient (Wildman–Crippen LogP) is 1.22. The molecule has 2 aliphatic rings. The average Bonchev–Trinajstić information content (AvgIpc) is 2.94. The first-order valence-corrected chi connectivity index (χ1v) is 9.03. The van der Waals surface area contributed by atoms with Crippen molar-refractivity contribution in [3.05, 3.63) is 29.8 Å². The van der Waals surface area contributed by atoms with Gasteiger partial charge in [0.1, 0.15) is 0 Å². The van der Waals surface area contributed by atoms with E-state index in [0.29, 0.717) is 13.1 Å². The summed E-state index contributed by atoms with van der Waals surface area (Å²) in [5.41, 5.74) is 8.97. The van der Waals surface area contributed by atoms with Crippen molar-refractivity contribution in [1.29, 1.82) is 0 Å². The summed E-state index contributed by atoms with van der Waals surface area (Å²) in [4.78, 5) is 16.8. The van der Waals surface area contributed by atoms with E-state index in [0.717, 1.165) is 39.0 Å². The molecule has 132 valence electrons. The SMILES string of the molecule is CC1(C)CN(CC(=O)NCCN2CCc3ccccc32)CCC1N. The van der Waals surface area contributed by atoms with Crippen molar-refractivity contribution >= 4 is 11.6 Å². The lowest BCUT2D eigenvalue weighted by molar-refractivity contribution is -0.123. The molecule has 2 heterocycles. The molecule has 0 aliphatic carbocycles. The molecule has 5 nitrogen and oxygen atoms in total. The first kappa shape index (κ1) is 17.2. The third-order valence-electron chi connectivity index (χ3n) is 5.45. The van der Waals surface area contributed by atoms with Gasteiger partial charge in [0.25, 0.3) is 0 Å². The maximum Gasteiger partial charge on any atom is 0.234 e. The van der Waals surface area contributed by atoms with Crippen LogP contribution in [-0.4, -0.2) is 56.1 Å². The van der Waals surface area contributed by atoms with E-state index in [1.807, 2.05) is 0 Å². The second kappa shape index (κ2) is 7.11. The molecular weight excluding hydrogens is 300 g/mol. The monoisotopic (exact) mass is 330 g/mol. The van der Waals surface area contributed by atoms with Crippen LogP contribution in [0.1, 0.15) is 25.8 Å². The van der Waals surface area contributed by atoms with Crippen LogP contribution in [0.4, 0.5) is 5.69 Å². The van der Waals surface area contributed by atoms with Gasteiger partial charge in [0.15, 0.2) is 0 Å². The molecule has 3 rings (SSSR count). The normalized spacial score (nSPS) is 23.1. The van der Waals surface area contributed by atoms with Gasteiger partial charge in [-0.1, -0.05) is 32.0 Å². The highest BCUT2D eigenvalue weighted by Gasteiger charge is 2.33. The van der Waals surface area contributed by atoms with Gasteiger partial charge in [-0.05, 0) is 29.9 Å². The van der Waals surface area contributed by atoms with Gasteiger partial charge in [-0.3, -0.25) is 9.69 Å². The number of nitrogens with zero attached hydrogens (tertiary/aromatic N) is 2. The van der Waals surface area contributed by atoms with E-state index < -0.39 is 0 Å². The lowest BCUT2D eigenvalue weighted by atomic mass is 9.80. The molecule has 0 radical (unpaired) electrons. The van der Waals surface area contributed by atoms with E-state index in [1.54, 1.807) is 0 Å². The Morgan fingerprint density at radius 2 is 2.12 bits per heavy atom. The van der Waals surface area contributed by atoms with Gasteiger partial charge >= 0.3 is 0 Å². The van der Waals surface area contributed by atoms with Crippen molar-refractivity contribution in [2.45, 2.75) is 32.7 Å². The molecule has 0 bridgehead atoms. The number of hydrogen-bond donors (Lipinski definition) is 2. The van der Waals surface area contributed by atoms with Crippen LogP contribution in [0.3, 0.4) is 0 Å². The van der Waals surface area contributed by atoms with Crippen molar-refractivity contribution in [2.24, 2.45) is 11.1 Å². The summed E-state index contributed by atoms with van der Waals surface area (Å²) in [6, 6.07) is 8.77. The van der Waals surface area contributed by atoms with E-state index in [4.69, 9.17) is 5.73 Å². The van der Waals surface area contributed by atoms with Crippen LogP contribution in [0.2, 0.25) is 0 Å². The molecule has 3 N–H and O–H groups in total. The molecular formula is C19H30N4O. The number of anilines is 1. The highest BCUT2D eigenvalue weighted by atomic mass is 16.2. The topological polar surface area (TPSA) is 61.6 Å². The number of benzene rings is 1. The van der Waals surface area contributed by atoms with E-state index in [9.17, 15) is 4.79 Å². The molecule has 0 saturated carbocycles. The molecule has 5 heteroatoms. The highest BCUT2D eigenvalue weighted by molar-refractivity contribution is 5.78. The summed E-state index contributed by atoms with van der Waals surface area (Å²) < 4.78 is 0. The minimum Gasteiger partial charge on any atom is -0.369 e. The van der Waals surface area contributed by atoms with Crippen LogP contribution in [0.5, 0.6) is 0 Å². The molecule has 1 amide bonds. The van der Waals surface area contributed by atoms with E-state index >= 15 is 0 Å². The van der Waals surface area contributed by atoms with E-state index in [2.05, 4.69) is 53.2 Å². The number of nitrogens with one attached hydrogen (secondary N) is 1. The maximum absolute atomic E-state index is 12.2. The zero-order chi connectivity index (χ0) is 17.2. The third kappa shape index (κ3) is 3.90. The van der Waals surface area contributed by atoms with Crippen molar-refractivity contribution in [3.8, 4) is 0 Å². The minimum atomic E-state index is 0.0811. The number of fused-ring (bicyclic) bond motifs is 1. The van der Waals surface area contributed by atoms with Crippen molar-refractivity contribution in [2.75, 3.05) is 44.2 Å². The van der Waals surface area contributed by atoms with Crippen LogP contribution in [0.15, 0.2) is 24.3 Å². The zero-order valence-electron chi connectivity index (χ0n) is 14.9. The Morgan fingerprint density at radius 3 is 2.92 bits per heavy atom. The lowest BCUT2D eigenvalue weighted by Crippen LogP contribution is -2.54. The number of carbonyl (C=O) groups excluding carboxylic acids is 1. The highest BCUT2D eigenvalue weighted by Crippen LogP contribution is 2.28. The Labute approximate surface area is 145 Å². The first-order valence-electron chi connectivity index (χ1n) is 9.03. The van der Waals surface area contributed by atoms with Gasteiger partial charge < -0.3 is 16.0 Å². The maximum atomic E-state index is 12.2. The Bertz CT molecular complexity index is 586. The number of hydrogen-bond acceptors (Lipinski definition) is 4. The molecule has 1 aromatic rings. The number of likely N-dealkylation sites (tertiary alicyclic amines) is 1. The molecule has 0 spiro atoms. The molecule has 1 aromatic carbocycles. The van der Waals surface area contributed by atoms with Gasteiger partial charge in [-0.25, -0.2) is 0 Å². The van der Waals surface area contributed by atoms with Crippen LogP contribution >= 0.6 is 0 Å². The number of carbonyl (C=O) groups is 1. The fourth-order valence-corrected chi connectivity index (χ4v) is 3.85. The number of rotatable bonds is 5. The molecule has 1 unspecified atom stereocenters. The Balaban J connectivity index is 1.41. The number of nitrogens with two attached hydrogens (primary N) is 1. The molecule has 0 aromatic heterocycles. The smallest absolute Gasteiger partial charge is 0.234 e. The van der Waals surface area contributed by atoms with E-state index in [1.165, 1.54) is 11.3 Å². The summed E-state index contributed by atoms with van der Waals surface area (Å²) in [6.07, 6.45) is 2.07. The summed E-state index contributed by atoms with van der Waals surface area (Å²) in [5.74, 6) is 0.119. The molecule has 24 heavy (non-hydrogen) atoms. The molecule has 1 fully saturated rings. The number of piperidine rings is 1. The second-order valence-corrected chi connectivity index (χ2v) is 7.81. The van der Waals surface area contributed by atoms with E-state index in [-0.39, 0.29) is 17.4 Å². The predicted molar refractivity (Wildman–Crippen MR) is 98.2 cm³/mol. The third-order valence-corrected chi connectivity index (χ3v) is 5.45. The van der Waals surface area contributed by atoms with Crippen molar-refractivity contribution in [3.63, 3.8) is 0 Å². The summed E-state index contributed by atoms with van der Waals surface area (Å²) >= 11 is 0. The van der Waals surface area contributed by atoms with Crippen LogP contribution in [-0.2, 0) is 11.2 Å². The minimum absolute atomic E-state index is 0.0811. The van der Waals surface area contributed by atoms with Gasteiger partial charge in [0.05, 0.1) is 6.54 Å². The summed E-state index contributed by atoms with van der Waals surface area (Å²) in [7, 11) is 0. The Morgan fingerprint density at radius 1 is 1.33 bits per heavy atom. The molecule has 1 saturated heterocycles. The van der Waals surface area contributed by atoms with Crippen LogP contribution in [0, 0.1) is 5.41 Å². The lowest BCUT2D eigenvalue weighted by Gasteiger charge is -2.42. The standard InChI is InChI=1S/C19H30N4O/c1-19(2)14-22(10-8-17(19)20)13-18(24)21-9-12-23-11-7-15-5-3-4-6-16(15)23/h3-6,17H,7-14,20H2,1-2H3,(H,21,24). The van der Waals surface area contributed by atoms with Crippen molar-refractivity contribution < 1.29 is 4.79 Å². The van der Waals surface area contributed by atoms with Gasteiger partial charge in [0, 0.05) is 44.5 Å². The molecule has 1 atom stereocenters.